The molecular weight excluding hydrogens is 503 g/mol. The quantitative estimate of drug-likeness (QED) is 0.408. The maximum absolute atomic E-state index is 14.3. The van der Waals surface area contributed by atoms with Gasteiger partial charge in [-0.05, 0) is 55.5 Å². The van der Waals surface area contributed by atoms with Crippen LogP contribution in [0.5, 0.6) is 11.5 Å². The van der Waals surface area contributed by atoms with Crippen LogP contribution in [-0.2, 0) is 11.8 Å². The summed E-state index contributed by atoms with van der Waals surface area (Å²) >= 11 is 12.2. The first kappa shape index (κ1) is 23.1. The Bertz CT molecular complexity index is 1300. The molecule has 3 N–H and O–H groups in total. The molecule has 1 amide bonds. The standard InChI is InChI=1S/C27H28Cl2N2O5/c28-17-5-3-16(11-18(17)29)25(33)30-19-7-8-27(34)21-12-15-4-6-20(32)23-22(15)26(27,24(19)36-23)9-10-31(21,35)13-14-1-2-14/h3-6,11,14,19,21,24,32,34H,1-2,7-10,12-13H2,(H,30,33)/t19-,21-,24+,26+,27-,31?/m1/s1. The van der Waals surface area contributed by atoms with Gasteiger partial charge in [-0.3, -0.25) is 4.79 Å². The molecule has 2 bridgehead atoms. The van der Waals surface area contributed by atoms with E-state index in [0.717, 1.165) is 24.0 Å². The van der Waals surface area contributed by atoms with E-state index >= 15 is 0 Å². The highest BCUT2D eigenvalue weighted by Gasteiger charge is 2.76. The second kappa shape index (κ2) is 7.51. The van der Waals surface area contributed by atoms with Crippen molar-refractivity contribution in [1.29, 1.82) is 0 Å². The second-order valence-electron chi connectivity index (χ2n) is 11.4. The molecule has 2 saturated carbocycles. The smallest absolute Gasteiger partial charge is 0.251 e. The lowest BCUT2D eigenvalue weighted by molar-refractivity contribution is -0.924. The Kier molecular flexibility index (Phi) is 4.82. The van der Waals surface area contributed by atoms with Crippen LogP contribution in [-0.4, -0.2) is 57.6 Å². The van der Waals surface area contributed by atoms with E-state index in [1.54, 1.807) is 18.2 Å². The van der Waals surface area contributed by atoms with E-state index < -0.39 is 29.2 Å². The molecule has 2 heterocycles. The van der Waals surface area contributed by atoms with Gasteiger partial charge in [-0.1, -0.05) is 29.3 Å². The molecule has 9 heteroatoms. The van der Waals surface area contributed by atoms with Crippen molar-refractivity contribution in [3.63, 3.8) is 0 Å². The fraction of sp³-hybridized carbons (Fsp3) is 0.519. The summed E-state index contributed by atoms with van der Waals surface area (Å²) in [5, 5.41) is 41.3. The van der Waals surface area contributed by atoms with Gasteiger partial charge in [0.2, 0.25) is 0 Å². The second-order valence-corrected chi connectivity index (χ2v) is 12.2. The topological polar surface area (TPSA) is 102 Å². The number of ether oxygens (including phenoxy) is 1. The number of amides is 1. The predicted molar refractivity (Wildman–Crippen MR) is 134 cm³/mol. The number of hydrogen-bond donors (Lipinski definition) is 3. The van der Waals surface area contributed by atoms with Crippen LogP contribution >= 0.6 is 23.2 Å². The summed E-state index contributed by atoms with van der Waals surface area (Å²) in [6, 6.07) is 7.32. The molecule has 2 aromatic carbocycles. The van der Waals surface area contributed by atoms with Gasteiger partial charge in [-0.15, -0.1) is 0 Å². The summed E-state index contributed by atoms with van der Waals surface area (Å²) < 4.78 is 6.08. The normalized spacial score (nSPS) is 37.7. The van der Waals surface area contributed by atoms with Gasteiger partial charge in [-0.2, -0.15) is 0 Å². The first-order valence-corrected chi connectivity index (χ1v) is 13.5. The number of benzene rings is 2. The van der Waals surface area contributed by atoms with Crippen molar-refractivity contribution >= 4 is 29.1 Å². The summed E-state index contributed by atoms with van der Waals surface area (Å²) in [6.07, 6.45) is 3.33. The van der Waals surface area contributed by atoms with E-state index in [-0.39, 0.29) is 16.3 Å². The molecule has 36 heavy (non-hydrogen) atoms. The minimum Gasteiger partial charge on any atom is -0.632 e. The number of aromatic hydroxyl groups is 1. The molecule has 3 fully saturated rings. The van der Waals surface area contributed by atoms with Crippen LogP contribution < -0.4 is 10.1 Å². The number of phenolic OH excluding ortho intramolecular Hbond substituents is 1. The summed E-state index contributed by atoms with van der Waals surface area (Å²) in [7, 11) is 0. The molecular formula is C27H28Cl2N2O5. The molecule has 1 saturated heterocycles. The number of nitrogens with zero attached hydrogens (tertiary/aromatic N) is 1. The zero-order chi connectivity index (χ0) is 25.0. The van der Waals surface area contributed by atoms with Crippen molar-refractivity contribution in [1.82, 2.24) is 5.32 Å². The summed E-state index contributed by atoms with van der Waals surface area (Å²) in [4.78, 5) is 13.2. The fourth-order valence-corrected chi connectivity index (χ4v) is 8.09. The van der Waals surface area contributed by atoms with E-state index in [1.165, 1.54) is 6.07 Å². The predicted octanol–water partition coefficient (Wildman–Crippen LogP) is 4.07. The minimum absolute atomic E-state index is 0.0271. The molecule has 2 aliphatic heterocycles. The number of nitrogens with one attached hydrogen (secondary N) is 1. The number of aliphatic hydroxyl groups is 1. The zero-order valence-electron chi connectivity index (χ0n) is 19.7. The van der Waals surface area contributed by atoms with Crippen molar-refractivity contribution in [3.8, 4) is 11.5 Å². The van der Waals surface area contributed by atoms with Crippen molar-refractivity contribution in [2.24, 2.45) is 5.92 Å². The molecule has 2 aromatic rings. The van der Waals surface area contributed by atoms with Gasteiger partial charge in [0, 0.05) is 29.9 Å². The molecule has 0 radical (unpaired) electrons. The number of hydrogen-bond acceptors (Lipinski definition) is 5. The number of carbonyl (C=O) groups excluding carboxylic acids is 1. The lowest BCUT2D eigenvalue weighted by Gasteiger charge is -2.68. The van der Waals surface area contributed by atoms with E-state index in [4.69, 9.17) is 27.9 Å². The molecule has 0 aromatic heterocycles. The Hall–Kier alpha value is -2.03. The van der Waals surface area contributed by atoms with Gasteiger partial charge in [0.15, 0.2) is 11.5 Å². The van der Waals surface area contributed by atoms with Crippen LogP contribution in [0.2, 0.25) is 10.0 Å². The molecule has 7 rings (SSSR count). The minimum atomic E-state index is -1.27. The number of phenols is 1. The Labute approximate surface area is 219 Å². The molecule has 1 unspecified atom stereocenters. The summed E-state index contributed by atoms with van der Waals surface area (Å²) in [6.45, 7) is 0.942. The van der Waals surface area contributed by atoms with Crippen molar-refractivity contribution < 1.29 is 24.4 Å². The molecule has 5 aliphatic rings. The van der Waals surface area contributed by atoms with Crippen molar-refractivity contribution in [2.45, 2.75) is 67.7 Å². The Morgan fingerprint density at radius 3 is 2.72 bits per heavy atom. The third kappa shape index (κ3) is 2.95. The van der Waals surface area contributed by atoms with Crippen molar-refractivity contribution in [3.05, 3.63) is 62.3 Å². The van der Waals surface area contributed by atoms with Crippen LogP contribution in [0.4, 0.5) is 0 Å². The number of halogens is 2. The van der Waals surface area contributed by atoms with Crippen LogP contribution in [0.15, 0.2) is 30.3 Å². The highest BCUT2D eigenvalue weighted by Crippen LogP contribution is 2.66. The highest BCUT2D eigenvalue weighted by atomic mass is 35.5. The molecule has 190 valence electrons. The monoisotopic (exact) mass is 530 g/mol. The zero-order valence-corrected chi connectivity index (χ0v) is 21.2. The van der Waals surface area contributed by atoms with Crippen LogP contribution in [0.25, 0.3) is 0 Å². The first-order valence-electron chi connectivity index (χ1n) is 12.7. The van der Waals surface area contributed by atoms with Gasteiger partial charge in [-0.25, -0.2) is 0 Å². The van der Waals surface area contributed by atoms with Crippen molar-refractivity contribution in [2.75, 3.05) is 13.1 Å². The van der Waals surface area contributed by atoms with Gasteiger partial charge < -0.3 is 30.1 Å². The third-order valence-electron chi connectivity index (χ3n) is 9.55. The molecule has 7 nitrogen and oxygen atoms in total. The van der Waals surface area contributed by atoms with Crippen LogP contribution in [0.3, 0.4) is 0 Å². The lowest BCUT2D eigenvalue weighted by atomic mass is 9.48. The number of carbonyl (C=O) groups is 1. The first-order chi connectivity index (χ1) is 17.2. The number of hydroxylamine groups is 3. The Morgan fingerprint density at radius 1 is 1.17 bits per heavy atom. The highest BCUT2D eigenvalue weighted by molar-refractivity contribution is 6.42. The van der Waals surface area contributed by atoms with Gasteiger partial charge in [0.05, 0.1) is 34.6 Å². The Morgan fingerprint density at radius 2 is 1.97 bits per heavy atom. The summed E-state index contributed by atoms with van der Waals surface area (Å²) in [5.41, 5.74) is 0.0426. The van der Waals surface area contributed by atoms with E-state index in [0.29, 0.717) is 66.0 Å². The van der Waals surface area contributed by atoms with Crippen LogP contribution in [0.1, 0.15) is 53.6 Å². The number of rotatable bonds is 4. The average Bonchev–Trinajstić information content (AvgIpc) is 3.57. The van der Waals surface area contributed by atoms with Crippen LogP contribution in [0, 0.1) is 11.1 Å². The molecule has 6 atom stereocenters. The largest absolute Gasteiger partial charge is 0.632 e. The maximum Gasteiger partial charge on any atom is 0.251 e. The number of quaternary nitrogens is 1. The van der Waals surface area contributed by atoms with E-state index in [1.807, 2.05) is 6.07 Å². The Balaban J connectivity index is 1.30. The lowest BCUT2D eigenvalue weighted by Crippen LogP contribution is -2.81. The van der Waals surface area contributed by atoms with E-state index in [2.05, 4.69) is 5.32 Å². The SMILES string of the molecule is O=C(N[C@@H]1CC[C@@]2(O)[C@H]3Cc4ccc(O)c5c4[C@@]2(CC[N+]3([O-])CC2CC2)[C@H]1O5)c1ccc(Cl)c(Cl)c1. The third-order valence-corrected chi connectivity index (χ3v) is 10.3. The van der Waals surface area contributed by atoms with E-state index in [9.17, 15) is 20.2 Å². The molecule has 3 aliphatic carbocycles. The fourth-order valence-electron chi connectivity index (χ4n) is 7.79. The summed E-state index contributed by atoms with van der Waals surface area (Å²) in [5.74, 6) is 0.544. The average molecular weight is 531 g/mol. The van der Waals surface area contributed by atoms with Gasteiger partial charge >= 0.3 is 0 Å². The maximum atomic E-state index is 14.3. The van der Waals surface area contributed by atoms with Gasteiger partial charge in [0.1, 0.15) is 17.7 Å². The number of piperidine rings is 1. The molecule has 1 spiro atoms. The number of likely N-dealkylation sites (tertiary alicyclic amines) is 1. The van der Waals surface area contributed by atoms with Gasteiger partial charge in [0.25, 0.3) is 5.91 Å².